The number of amides is 1. The third kappa shape index (κ3) is 6.08. The summed E-state index contributed by atoms with van der Waals surface area (Å²) in [6, 6.07) is 6.20. The van der Waals surface area contributed by atoms with Gasteiger partial charge < -0.3 is 14.8 Å². The van der Waals surface area contributed by atoms with Crippen LogP contribution in [-0.2, 0) is 24.3 Å². The molecule has 1 saturated heterocycles. The first-order chi connectivity index (χ1) is 12.3. The first-order valence-electron chi connectivity index (χ1n) is 8.43. The standard InChI is InChI=1S/C17H24N2O6S/c1-3-24-17(21)13-6-8-14(9-7-13)18-16(20)12-19(26(2,22)23)11-15-5-4-10-25-15/h6-9,15H,3-5,10-12H2,1-2H3,(H,18,20). The van der Waals surface area contributed by atoms with Crippen molar-refractivity contribution in [2.45, 2.75) is 25.9 Å². The molecule has 1 fully saturated rings. The molecule has 0 radical (unpaired) electrons. The van der Waals surface area contributed by atoms with Gasteiger partial charge in [0.05, 0.1) is 31.1 Å². The fraction of sp³-hybridized carbons (Fsp3) is 0.529. The van der Waals surface area contributed by atoms with E-state index in [0.29, 0.717) is 17.9 Å². The average Bonchev–Trinajstić information content (AvgIpc) is 3.07. The minimum Gasteiger partial charge on any atom is -0.462 e. The summed E-state index contributed by atoms with van der Waals surface area (Å²) in [4.78, 5) is 23.8. The van der Waals surface area contributed by atoms with Crippen molar-refractivity contribution in [2.24, 2.45) is 0 Å². The highest BCUT2D eigenvalue weighted by Crippen LogP contribution is 2.15. The summed E-state index contributed by atoms with van der Waals surface area (Å²) in [7, 11) is -3.53. The molecule has 0 spiro atoms. The number of benzene rings is 1. The summed E-state index contributed by atoms with van der Waals surface area (Å²) in [5, 5.41) is 2.63. The zero-order valence-corrected chi connectivity index (χ0v) is 15.8. The summed E-state index contributed by atoms with van der Waals surface area (Å²) in [5.41, 5.74) is 0.842. The molecule has 0 bridgehead atoms. The molecule has 1 unspecified atom stereocenters. The fourth-order valence-corrected chi connectivity index (χ4v) is 3.39. The molecule has 0 saturated carbocycles. The predicted octanol–water partition coefficient (Wildman–Crippen LogP) is 1.24. The fourth-order valence-electron chi connectivity index (χ4n) is 2.60. The van der Waals surface area contributed by atoms with Crippen molar-refractivity contribution in [2.75, 3.05) is 37.9 Å². The highest BCUT2D eigenvalue weighted by atomic mass is 32.2. The molecular formula is C17H24N2O6S. The van der Waals surface area contributed by atoms with Crippen molar-refractivity contribution in [3.8, 4) is 0 Å². The Bertz CT molecular complexity index is 726. The van der Waals surface area contributed by atoms with Crippen molar-refractivity contribution >= 4 is 27.6 Å². The van der Waals surface area contributed by atoms with Crippen LogP contribution in [-0.4, -0.2) is 63.3 Å². The van der Waals surface area contributed by atoms with Gasteiger partial charge in [0.25, 0.3) is 0 Å². The summed E-state index contributed by atoms with van der Waals surface area (Å²) < 4.78 is 35.3. The van der Waals surface area contributed by atoms with Crippen LogP contribution >= 0.6 is 0 Å². The zero-order chi connectivity index (χ0) is 19.2. The normalized spacial score (nSPS) is 17.3. The SMILES string of the molecule is CCOC(=O)c1ccc(NC(=O)CN(CC2CCCO2)S(C)(=O)=O)cc1. The molecule has 9 heteroatoms. The molecular weight excluding hydrogens is 360 g/mol. The molecule has 1 aromatic carbocycles. The monoisotopic (exact) mass is 384 g/mol. The van der Waals surface area contributed by atoms with Gasteiger partial charge in [0, 0.05) is 18.8 Å². The van der Waals surface area contributed by atoms with E-state index in [-0.39, 0.29) is 25.8 Å². The molecule has 1 N–H and O–H groups in total. The van der Waals surface area contributed by atoms with Gasteiger partial charge in [-0.2, -0.15) is 4.31 Å². The lowest BCUT2D eigenvalue weighted by Crippen LogP contribution is -2.41. The lowest BCUT2D eigenvalue weighted by atomic mass is 10.2. The number of anilines is 1. The molecule has 1 atom stereocenters. The van der Waals surface area contributed by atoms with E-state index >= 15 is 0 Å². The molecule has 2 rings (SSSR count). The van der Waals surface area contributed by atoms with Crippen LogP contribution in [0.4, 0.5) is 5.69 Å². The van der Waals surface area contributed by atoms with Crippen molar-refractivity contribution in [3.05, 3.63) is 29.8 Å². The lowest BCUT2D eigenvalue weighted by Gasteiger charge is -2.22. The Hall–Kier alpha value is -1.97. The number of nitrogens with one attached hydrogen (secondary N) is 1. The first kappa shape index (κ1) is 20.3. The number of ether oxygens (including phenoxy) is 2. The van der Waals surface area contributed by atoms with E-state index in [1.807, 2.05) is 0 Å². The third-order valence-electron chi connectivity index (χ3n) is 3.90. The van der Waals surface area contributed by atoms with Crippen LogP contribution in [0.5, 0.6) is 0 Å². The molecule has 26 heavy (non-hydrogen) atoms. The number of nitrogens with zero attached hydrogens (tertiary/aromatic N) is 1. The topological polar surface area (TPSA) is 102 Å². The second-order valence-electron chi connectivity index (χ2n) is 6.04. The third-order valence-corrected chi connectivity index (χ3v) is 5.12. The van der Waals surface area contributed by atoms with Gasteiger partial charge in [-0.05, 0) is 44.0 Å². The van der Waals surface area contributed by atoms with Crippen LogP contribution in [0.2, 0.25) is 0 Å². The van der Waals surface area contributed by atoms with E-state index in [1.54, 1.807) is 19.1 Å². The highest BCUT2D eigenvalue weighted by Gasteiger charge is 2.26. The molecule has 1 heterocycles. The largest absolute Gasteiger partial charge is 0.462 e. The number of esters is 1. The molecule has 1 amide bonds. The number of carbonyl (C=O) groups excluding carboxylic acids is 2. The van der Waals surface area contributed by atoms with Gasteiger partial charge in [-0.15, -0.1) is 0 Å². The summed E-state index contributed by atoms with van der Waals surface area (Å²) in [6.45, 7) is 2.48. The highest BCUT2D eigenvalue weighted by molar-refractivity contribution is 7.88. The number of carbonyl (C=O) groups is 2. The minimum atomic E-state index is -3.53. The van der Waals surface area contributed by atoms with Crippen LogP contribution < -0.4 is 5.32 Å². The van der Waals surface area contributed by atoms with Crippen molar-refractivity contribution in [3.63, 3.8) is 0 Å². The van der Waals surface area contributed by atoms with E-state index in [4.69, 9.17) is 9.47 Å². The van der Waals surface area contributed by atoms with Crippen molar-refractivity contribution in [1.29, 1.82) is 0 Å². The van der Waals surface area contributed by atoms with Crippen LogP contribution in [0, 0.1) is 0 Å². The maximum Gasteiger partial charge on any atom is 0.338 e. The average molecular weight is 384 g/mol. The number of sulfonamides is 1. The van der Waals surface area contributed by atoms with Crippen LogP contribution in [0.1, 0.15) is 30.1 Å². The maximum absolute atomic E-state index is 12.2. The number of rotatable bonds is 8. The minimum absolute atomic E-state index is 0.161. The van der Waals surface area contributed by atoms with Gasteiger partial charge in [-0.25, -0.2) is 13.2 Å². The quantitative estimate of drug-likeness (QED) is 0.677. The molecule has 144 valence electrons. The maximum atomic E-state index is 12.2. The molecule has 0 aliphatic carbocycles. The number of hydrogen-bond donors (Lipinski definition) is 1. The van der Waals surface area contributed by atoms with Gasteiger partial charge in [0.1, 0.15) is 0 Å². The second-order valence-corrected chi connectivity index (χ2v) is 8.02. The van der Waals surface area contributed by atoms with E-state index in [1.165, 1.54) is 12.1 Å². The lowest BCUT2D eigenvalue weighted by molar-refractivity contribution is -0.116. The van der Waals surface area contributed by atoms with Gasteiger partial charge >= 0.3 is 5.97 Å². The van der Waals surface area contributed by atoms with Crippen LogP contribution in [0.25, 0.3) is 0 Å². The Labute approximate surface area is 153 Å². The summed E-state index contributed by atoms with van der Waals surface area (Å²) >= 11 is 0. The second kappa shape index (κ2) is 9.11. The Balaban J connectivity index is 1.95. The summed E-state index contributed by atoms with van der Waals surface area (Å²) in [6.07, 6.45) is 2.56. The van der Waals surface area contributed by atoms with Gasteiger partial charge in [0.2, 0.25) is 15.9 Å². The van der Waals surface area contributed by atoms with Crippen molar-refractivity contribution in [1.82, 2.24) is 4.31 Å². The molecule has 1 aromatic rings. The van der Waals surface area contributed by atoms with Gasteiger partial charge in [-0.3, -0.25) is 4.79 Å². The van der Waals surface area contributed by atoms with E-state index in [9.17, 15) is 18.0 Å². The number of hydrogen-bond acceptors (Lipinski definition) is 6. The Morgan fingerprint density at radius 3 is 2.54 bits per heavy atom. The van der Waals surface area contributed by atoms with E-state index in [0.717, 1.165) is 23.4 Å². The van der Waals surface area contributed by atoms with Gasteiger partial charge in [0.15, 0.2) is 0 Å². The molecule has 0 aromatic heterocycles. The Kier molecular flexibility index (Phi) is 7.13. The first-order valence-corrected chi connectivity index (χ1v) is 10.3. The van der Waals surface area contributed by atoms with E-state index in [2.05, 4.69) is 5.32 Å². The molecule has 1 aliphatic rings. The van der Waals surface area contributed by atoms with Crippen LogP contribution in [0.3, 0.4) is 0 Å². The molecule has 1 aliphatic heterocycles. The van der Waals surface area contributed by atoms with Gasteiger partial charge in [-0.1, -0.05) is 0 Å². The molecule has 8 nitrogen and oxygen atoms in total. The Morgan fingerprint density at radius 2 is 2.00 bits per heavy atom. The predicted molar refractivity (Wildman–Crippen MR) is 96.4 cm³/mol. The smallest absolute Gasteiger partial charge is 0.338 e. The zero-order valence-electron chi connectivity index (χ0n) is 14.9. The van der Waals surface area contributed by atoms with Crippen LogP contribution in [0.15, 0.2) is 24.3 Å². The summed E-state index contributed by atoms with van der Waals surface area (Å²) in [5.74, 6) is -0.900. The Morgan fingerprint density at radius 1 is 1.31 bits per heavy atom. The van der Waals surface area contributed by atoms with Crippen molar-refractivity contribution < 1.29 is 27.5 Å². The van der Waals surface area contributed by atoms with E-state index < -0.39 is 21.9 Å².